The molecule has 1 aliphatic rings. The number of imide groups is 1. The van der Waals surface area contributed by atoms with Crippen LogP contribution in [0.2, 0.25) is 0 Å². The zero-order chi connectivity index (χ0) is 21.2. The van der Waals surface area contributed by atoms with Crippen molar-refractivity contribution in [3.63, 3.8) is 0 Å². The lowest BCUT2D eigenvalue weighted by Gasteiger charge is -2.24. The number of para-hydroxylation sites is 1. The molecular weight excluding hydrogens is 354 g/mol. The van der Waals surface area contributed by atoms with Gasteiger partial charge in [-0.2, -0.15) is 0 Å². The Morgan fingerprint density at radius 1 is 1.07 bits per heavy atom. The molecule has 0 saturated carbocycles. The molecule has 0 radical (unpaired) electrons. The quantitative estimate of drug-likeness (QED) is 0.687. The standard InChI is InChI=1S/C22H33N3O3/c1-13(2)11-22(7)20(27)25(21(28)24-22)12-18(26)23-19-16(14(3)4)9-8-10-17(19)15(5)6/h8-10,13-15H,11-12H2,1-7H3,(H,23,26)(H,24,28). The van der Waals surface area contributed by atoms with Gasteiger partial charge < -0.3 is 10.6 Å². The van der Waals surface area contributed by atoms with E-state index >= 15 is 0 Å². The van der Waals surface area contributed by atoms with Gasteiger partial charge in [-0.1, -0.05) is 59.7 Å². The van der Waals surface area contributed by atoms with Crippen LogP contribution in [0.4, 0.5) is 10.5 Å². The van der Waals surface area contributed by atoms with E-state index in [1.165, 1.54) is 0 Å². The number of carbonyl (C=O) groups is 3. The van der Waals surface area contributed by atoms with E-state index in [-0.39, 0.29) is 36.1 Å². The first kappa shape index (κ1) is 21.9. The number of hydrogen-bond donors (Lipinski definition) is 2. The average molecular weight is 388 g/mol. The monoisotopic (exact) mass is 387 g/mol. The number of urea groups is 1. The molecule has 0 aromatic heterocycles. The highest BCUT2D eigenvalue weighted by atomic mass is 16.2. The number of amides is 4. The highest BCUT2D eigenvalue weighted by molar-refractivity contribution is 6.10. The fourth-order valence-corrected chi connectivity index (χ4v) is 3.86. The van der Waals surface area contributed by atoms with E-state index in [0.717, 1.165) is 21.7 Å². The van der Waals surface area contributed by atoms with Gasteiger partial charge in [0, 0.05) is 5.69 Å². The summed E-state index contributed by atoms with van der Waals surface area (Å²) >= 11 is 0. The molecule has 1 unspecified atom stereocenters. The van der Waals surface area contributed by atoms with Crippen molar-refractivity contribution in [2.75, 3.05) is 11.9 Å². The summed E-state index contributed by atoms with van der Waals surface area (Å²) in [6.45, 7) is 13.7. The fourth-order valence-electron chi connectivity index (χ4n) is 3.86. The molecule has 6 heteroatoms. The Morgan fingerprint density at radius 2 is 1.61 bits per heavy atom. The predicted molar refractivity (Wildman–Crippen MR) is 111 cm³/mol. The summed E-state index contributed by atoms with van der Waals surface area (Å²) in [6.07, 6.45) is 0.531. The number of benzene rings is 1. The van der Waals surface area contributed by atoms with Gasteiger partial charge in [0.05, 0.1) is 0 Å². The Labute approximate surface area is 168 Å². The molecule has 1 heterocycles. The van der Waals surface area contributed by atoms with E-state index in [0.29, 0.717) is 6.42 Å². The first-order valence-electron chi connectivity index (χ1n) is 10.0. The van der Waals surface area contributed by atoms with Gasteiger partial charge in [0.1, 0.15) is 12.1 Å². The number of nitrogens with one attached hydrogen (secondary N) is 2. The van der Waals surface area contributed by atoms with Crippen LogP contribution >= 0.6 is 0 Å². The van der Waals surface area contributed by atoms with E-state index in [1.54, 1.807) is 6.92 Å². The van der Waals surface area contributed by atoms with E-state index in [4.69, 9.17) is 0 Å². The van der Waals surface area contributed by atoms with Gasteiger partial charge in [-0.05, 0) is 42.2 Å². The van der Waals surface area contributed by atoms with E-state index in [9.17, 15) is 14.4 Å². The van der Waals surface area contributed by atoms with E-state index < -0.39 is 11.6 Å². The van der Waals surface area contributed by atoms with E-state index in [2.05, 4.69) is 38.3 Å². The van der Waals surface area contributed by atoms with Crippen LogP contribution in [-0.4, -0.2) is 34.8 Å². The maximum atomic E-state index is 12.8. The molecule has 154 valence electrons. The third kappa shape index (κ3) is 4.54. The molecule has 1 aliphatic heterocycles. The van der Waals surface area contributed by atoms with Crippen LogP contribution < -0.4 is 10.6 Å². The lowest BCUT2D eigenvalue weighted by molar-refractivity contribution is -0.133. The SMILES string of the molecule is CC(C)CC1(C)NC(=O)N(CC(=O)Nc2c(C(C)C)cccc2C(C)C)C1=O. The molecule has 6 nitrogen and oxygen atoms in total. The Hall–Kier alpha value is -2.37. The topological polar surface area (TPSA) is 78.5 Å². The summed E-state index contributed by atoms with van der Waals surface area (Å²) < 4.78 is 0. The Morgan fingerprint density at radius 3 is 2.07 bits per heavy atom. The fraction of sp³-hybridized carbons (Fsp3) is 0.591. The van der Waals surface area contributed by atoms with E-state index in [1.807, 2.05) is 32.0 Å². The number of carbonyl (C=O) groups excluding carboxylic acids is 3. The van der Waals surface area contributed by atoms with Crippen LogP contribution in [0.3, 0.4) is 0 Å². The largest absolute Gasteiger partial charge is 0.325 e. The molecule has 1 aromatic carbocycles. The minimum Gasteiger partial charge on any atom is -0.324 e. The zero-order valence-corrected chi connectivity index (χ0v) is 18.1. The lowest BCUT2D eigenvalue weighted by atomic mass is 9.91. The van der Waals surface area contributed by atoms with Crippen molar-refractivity contribution in [1.29, 1.82) is 0 Å². The summed E-state index contributed by atoms with van der Waals surface area (Å²) in [6, 6.07) is 5.48. The van der Waals surface area contributed by atoms with Crippen LogP contribution in [-0.2, 0) is 9.59 Å². The molecule has 2 rings (SSSR count). The molecule has 2 N–H and O–H groups in total. The summed E-state index contributed by atoms with van der Waals surface area (Å²) in [5, 5.41) is 5.71. The van der Waals surface area contributed by atoms with Crippen LogP contribution in [0.5, 0.6) is 0 Å². The maximum Gasteiger partial charge on any atom is 0.325 e. The normalized spacial score (nSPS) is 19.7. The van der Waals surface area contributed by atoms with Crippen molar-refractivity contribution in [3.05, 3.63) is 29.3 Å². The van der Waals surface area contributed by atoms with Gasteiger partial charge in [0.2, 0.25) is 5.91 Å². The van der Waals surface area contributed by atoms with Gasteiger partial charge in [-0.15, -0.1) is 0 Å². The van der Waals surface area contributed by atoms with Crippen LogP contribution in [0.1, 0.15) is 77.8 Å². The molecule has 1 fully saturated rings. The minimum atomic E-state index is -0.954. The molecular formula is C22H33N3O3. The van der Waals surface area contributed by atoms with Crippen molar-refractivity contribution in [2.45, 2.75) is 72.3 Å². The van der Waals surface area contributed by atoms with Crippen LogP contribution in [0.15, 0.2) is 18.2 Å². The van der Waals surface area contributed by atoms with Gasteiger partial charge in [-0.25, -0.2) is 4.79 Å². The number of anilines is 1. The highest BCUT2D eigenvalue weighted by Gasteiger charge is 2.48. The first-order chi connectivity index (χ1) is 13.0. The van der Waals surface area contributed by atoms with Gasteiger partial charge >= 0.3 is 6.03 Å². The van der Waals surface area contributed by atoms with Gasteiger partial charge in [-0.3, -0.25) is 14.5 Å². The Kier molecular flexibility index (Phi) is 6.52. The number of nitrogens with zero attached hydrogens (tertiary/aromatic N) is 1. The van der Waals surface area contributed by atoms with Gasteiger partial charge in [0.15, 0.2) is 0 Å². The third-order valence-electron chi connectivity index (χ3n) is 5.10. The van der Waals surface area contributed by atoms with Crippen molar-refractivity contribution >= 4 is 23.5 Å². The Bertz CT molecular complexity index is 744. The summed E-state index contributed by atoms with van der Waals surface area (Å²) in [4.78, 5) is 38.9. The Balaban J connectivity index is 2.21. The van der Waals surface area contributed by atoms with Crippen LogP contribution in [0, 0.1) is 5.92 Å². The molecule has 28 heavy (non-hydrogen) atoms. The van der Waals surface area contributed by atoms with Crippen molar-refractivity contribution in [1.82, 2.24) is 10.2 Å². The minimum absolute atomic E-state index is 0.236. The smallest absolute Gasteiger partial charge is 0.324 e. The number of hydrogen-bond acceptors (Lipinski definition) is 3. The predicted octanol–water partition coefficient (Wildman–Crippen LogP) is 4.23. The summed E-state index contributed by atoms with van der Waals surface area (Å²) in [7, 11) is 0. The zero-order valence-electron chi connectivity index (χ0n) is 18.1. The molecule has 0 spiro atoms. The van der Waals surface area contributed by atoms with Crippen molar-refractivity contribution in [3.8, 4) is 0 Å². The average Bonchev–Trinajstić information content (AvgIpc) is 2.76. The maximum absolute atomic E-state index is 12.8. The molecule has 4 amide bonds. The lowest BCUT2D eigenvalue weighted by Crippen LogP contribution is -2.45. The summed E-state index contributed by atoms with van der Waals surface area (Å²) in [5.74, 6) is 0.00419. The second-order valence-electron chi connectivity index (χ2n) is 8.92. The molecule has 1 saturated heterocycles. The van der Waals surface area contributed by atoms with Gasteiger partial charge in [0.25, 0.3) is 5.91 Å². The van der Waals surface area contributed by atoms with Crippen molar-refractivity contribution in [2.24, 2.45) is 5.92 Å². The number of rotatable bonds is 7. The molecule has 1 aromatic rings. The summed E-state index contributed by atoms with van der Waals surface area (Å²) in [5.41, 5.74) is 1.92. The molecule has 1 atom stereocenters. The highest BCUT2D eigenvalue weighted by Crippen LogP contribution is 2.32. The first-order valence-corrected chi connectivity index (χ1v) is 10.0. The molecule has 0 bridgehead atoms. The molecule has 0 aliphatic carbocycles. The van der Waals surface area contributed by atoms with Crippen molar-refractivity contribution < 1.29 is 14.4 Å². The third-order valence-corrected chi connectivity index (χ3v) is 5.10. The second-order valence-corrected chi connectivity index (χ2v) is 8.92. The van der Waals surface area contributed by atoms with Crippen LogP contribution in [0.25, 0.3) is 0 Å². The second kappa shape index (κ2) is 8.33.